The van der Waals surface area contributed by atoms with Gasteiger partial charge in [0.2, 0.25) is 5.91 Å². The van der Waals surface area contributed by atoms with Crippen LogP contribution >= 0.6 is 24.0 Å². The van der Waals surface area contributed by atoms with Crippen LogP contribution in [0.5, 0.6) is 0 Å². The fraction of sp³-hybridized carbons (Fsp3) is 0.300. The van der Waals surface area contributed by atoms with Gasteiger partial charge < -0.3 is 16.4 Å². The van der Waals surface area contributed by atoms with Gasteiger partial charge in [0.15, 0.2) is 5.96 Å². The number of aliphatic imine (C=N–C) groups is 1. The first-order chi connectivity index (χ1) is 12.1. The van der Waals surface area contributed by atoms with Gasteiger partial charge in [0.25, 0.3) is 0 Å². The smallest absolute Gasteiger partial charge is 0.227 e. The summed E-state index contributed by atoms with van der Waals surface area (Å²) in [5, 5.41) is 6.06. The van der Waals surface area contributed by atoms with Crippen molar-refractivity contribution in [3.05, 3.63) is 59.7 Å². The van der Waals surface area contributed by atoms with E-state index in [0.717, 1.165) is 36.2 Å². The van der Waals surface area contributed by atoms with E-state index in [1.54, 1.807) is 0 Å². The minimum absolute atomic E-state index is 0. The number of nitrogens with zero attached hydrogens (tertiary/aromatic N) is 1. The molecule has 3 rings (SSSR count). The van der Waals surface area contributed by atoms with Gasteiger partial charge in [-0.05, 0) is 49.6 Å². The van der Waals surface area contributed by atoms with Gasteiger partial charge >= 0.3 is 0 Å². The number of rotatable bonds is 5. The van der Waals surface area contributed by atoms with Crippen molar-refractivity contribution >= 4 is 47.2 Å². The number of nitrogens with two attached hydrogens (primary N) is 1. The molecule has 1 saturated carbocycles. The van der Waals surface area contributed by atoms with Gasteiger partial charge in [-0.15, -0.1) is 24.0 Å². The van der Waals surface area contributed by atoms with Gasteiger partial charge in [0.1, 0.15) is 0 Å². The quantitative estimate of drug-likeness (QED) is 0.351. The summed E-state index contributed by atoms with van der Waals surface area (Å²) in [6.45, 7) is 2.50. The van der Waals surface area contributed by atoms with Crippen LogP contribution in [0.4, 0.5) is 11.4 Å². The number of nitrogens with one attached hydrogen (secondary N) is 2. The van der Waals surface area contributed by atoms with Crippen LogP contribution in [0.1, 0.15) is 30.4 Å². The lowest BCUT2D eigenvalue weighted by atomic mass is 9.85. The van der Waals surface area contributed by atoms with E-state index in [1.807, 2.05) is 55.5 Å². The van der Waals surface area contributed by atoms with Gasteiger partial charge in [-0.25, -0.2) is 4.99 Å². The summed E-state index contributed by atoms with van der Waals surface area (Å²) in [4.78, 5) is 16.4. The molecule has 1 aliphatic carbocycles. The molecule has 0 atom stereocenters. The zero-order valence-electron chi connectivity index (χ0n) is 14.9. The Morgan fingerprint density at radius 2 is 1.85 bits per heavy atom. The predicted octanol–water partition coefficient (Wildman–Crippen LogP) is 4.28. The van der Waals surface area contributed by atoms with Gasteiger partial charge in [0, 0.05) is 17.3 Å². The Labute approximate surface area is 171 Å². The lowest BCUT2D eigenvalue weighted by Gasteiger charge is -2.24. The normalized spacial score (nSPS) is 14.1. The molecule has 0 heterocycles. The summed E-state index contributed by atoms with van der Waals surface area (Å²) in [6, 6.07) is 15.7. The number of amides is 1. The van der Waals surface area contributed by atoms with Crippen molar-refractivity contribution in [3.8, 4) is 0 Å². The Morgan fingerprint density at radius 3 is 2.50 bits per heavy atom. The number of halogens is 1. The van der Waals surface area contributed by atoms with Crippen LogP contribution < -0.4 is 16.4 Å². The molecule has 1 aliphatic rings. The monoisotopic (exact) mass is 464 g/mol. The minimum atomic E-state index is 0. The molecular weight excluding hydrogens is 439 g/mol. The van der Waals surface area contributed by atoms with Crippen LogP contribution in [-0.4, -0.2) is 11.9 Å². The molecule has 0 aromatic heterocycles. The largest absolute Gasteiger partial charge is 0.370 e. The van der Waals surface area contributed by atoms with E-state index in [2.05, 4.69) is 15.6 Å². The maximum absolute atomic E-state index is 12.0. The van der Waals surface area contributed by atoms with E-state index in [-0.39, 0.29) is 35.8 Å². The number of anilines is 2. The third kappa shape index (κ3) is 5.72. The molecule has 4 N–H and O–H groups in total. The molecule has 2 aromatic carbocycles. The Bertz CT molecular complexity index is 770. The third-order valence-electron chi connectivity index (χ3n) is 4.43. The highest BCUT2D eigenvalue weighted by molar-refractivity contribution is 14.0. The number of carbonyl (C=O) groups is 1. The molecule has 1 fully saturated rings. The molecule has 138 valence electrons. The van der Waals surface area contributed by atoms with Crippen LogP contribution in [0.3, 0.4) is 0 Å². The average molecular weight is 464 g/mol. The number of hydrogen-bond acceptors (Lipinski definition) is 2. The SMILES string of the molecule is Cc1ccc(NC(N)=NCc2cccc(NC(=O)C3CCC3)c2)cc1.I. The fourth-order valence-electron chi connectivity index (χ4n) is 2.66. The topological polar surface area (TPSA) is 79.5 Å². The Hall–Kier alpha value is -2.09. The molecule has 26 heavy (non-hydrogen) atoms. The first kappa shape index (κ1) is 20.2. The molecule has 5 nitrogen and oxygen atoms in total. The molecule has 0 saturated heterocycles. The van der Waals surface area contributed by atoms with Gasteiger partial charge in [0.05, 0.1) is 6.54 Å². The predicted molar refractivity (Wildman–Crippen MR) is 118 cm³/mol. The number of aryl methyl sites for hydroxylation is 1. The van der Waals surface area contributed by atoms with Gasteiger partial charge in [-0.3, -0.25) is 4.79 Å². The summed E-state index contributed by atoms with van der Waals surface area (Å²) in [5.74, 6) is 0.663. The van der Waals surface area contributed by atoms with Crippen molar-refractivity contribution in [2.24, 2.45) is 16.6 Å². The maximum Gasteiger partial charge on any atom is 0.227 e. The number of benzene rings is 2. The first-order valence-electron chi connectivity index (χ1n) is 8.63. The maximum atomic E-state index is 12.0. The Morgan fingerprint density at radius 1 is 1.12 bits per heavy atom. The van der Waals surface area contributed by atoms with Crippen LogP contribution in [-0.2, 0) is 11.3 Å². The van der Waals surface area contributed by atoms with Crippen LogP contribution in [0.15, 0.2) is 53.5 Å². The molecule has 0 bridgehead atoms. The molecule has 1 amide bonds. The lowest BCUT2D eigenvalue weighted by molar-refractivity contribution is -0.122. The summed E-state index contributed by atoms with van der Waals surface area (Å²) in [7, 11) is 0. The summed E-state index contributed by atoms with van der Waals surface area (Å²) >= 11 is 0. The second kappa shape index (κ2) is 9.56. The fourth-order valence-corrected chi connectivity index (χ4v) is 2.66. The van der Waals surface area contributed by atoms with Crippen LogP contribution in [0.2, 0.25) is 0 Å². The third-order valence-corrected chi connectivity index (χ3v) is 4.43. The molecule has 2 aromatic rings. The first-order valence-corrected chi connectivity index (χ1v) is 8.63. The van der Waals surface area contributed by atoms with Crippen molar-refractivity contribution in [3.63, 3.8) is 0 Å². The highest BCUT2D eigenvalue weighted by Gasteiger charge is 2.25. The van der Waals surface area contributed by atoms with Crippen molar-refractivity contribution in [2.45, 2.75) is 32.7 Å². The van der Waals surface area contributed by atoms with Crippen LogP contribution in [0, 0.1) is 12.8 Å². The summed E-state index contributed by atoms with van der Waals surface area (Å²) in [6.07, 6.45) is 3.15. The van der Waals surface area contributed by atoms with E-state index in [9.17, 15) is 4.79 Å². The van der Waals surface area contributed by atoms with E-state index in [1.165, 1.54) is 5.56 Å². The highest BCUT2D eigenvalue weighted by atomic mass is 127. The van der Waals surface area contributed by atoms with Crippen molar-refractivity contribution in [1.82, 2.24) is 0 Å². The molecular formula is C20H25IN4O. The highest BCUT2D eigenvalue weighted by Crippen LogP contribution is 2.27. The standard InChI is InChI=1S/C20H24N4O.HI/c1-14-8-10-17(11-9-14)24-20(21)22-13-15-4-2-7-18(12-15)23-19(25)16-5-3-6-16;/h2,4,7-12,16H,3,5-6,13H2,1H3,(H,23,25)(H3,21,22,24);1H. The zero-order chi connectivity index (χ0) is 17.6. The molecule has 0 radical (unpaired) electrons. The molecule has 0 aliphatic heterocycles. The average Bonchev–Trinajstić information content (AvgIpc) is 2.54. The number of guanidine groups is 1. The number of hydrogen-bond donors (Lipinski definition) is 3. The minimum Gasteiger partial charge on any atom is -0.370 e. The summed E-state index contributed by atoms with van der Waals surface area (Å²) < 4.78 is 0. The van der Waals surface area contributed by atoms with Crippen molar-refractivity contribution in [1.29, 1.82) is 0 Å². The molecule has 0 spiro atoms. The van der Waals surface area contributed by atoms with Gasteiger partial charge in [-0.1, -0.05) is 36.2 Å². The lowest BCUT2D eigenvalue weighted by Crippen LogP contribution is -2.28. The number of carbonyl (C=O) groups excluding carboxylic acids is 1. The second-order valence-electron chi connectivity index (χ2n) is 6.51. The van der Waals surface area contributed by atoms with E-state index >= 15 is 0 Å². The van der Waals surface area contributed by atoms with E-state index in [4.69, 9.17) is 5.73 Å². The second-order valence-corrected chi connectivity index (χ2v) is 6.51. The summed E-state index contributed by atoms with van der Waals surface area (Å²) in [5.41, 5.74) is 9.87. The molecule has 6 heteroatoms. The molecule has 0 unspecified atom stereocenters. The zero-order valence-corrected chi connectivity index (χ0v) is 17.2. The Balaban J connectivity index is 0.00000243. The van der Waals surface area contributed by atoms with Gasteiger partial charge in [-0.2, -0.15) is 0 Å². The van der Waals surface area contributed by atoms with Crippen molar-refractivity contribution < 1.29 is 4.79 Å². The Kier molecular flexibility index (Phi) is 7.44. The van der Waals surface area contributed by atoms with Crippen molar-refractivity contribution in [2.75, 3.05) is 10.6 Å². The van der Waals surface area contributed by atoms with E-state index in [0.29, 0.717) is 12.5 Å². The van der Waals surface area contributed by atoms with E-state index < -0.39 is 0 Å². The van der Waals surface area contributed by atoms with Crippen LogP contribution in [0.25, 0.3) is 0 Å².